The summed E-state index contributed by atoms with van der Waals surface area (Å²) in [5.41, 5.74) is 0.524. The molecule has 0 aromatic carbocycles. The third-order valence-electron chi connectivity index (χ3n) is 5.78. The minimum atomic E-state index is -0.504. The predicted octanol–water partition coefficient (Wildman–Crippen LogP) is 1.81. The third-order valence-corrected chi connectivity index (χ3v) is 5.78. The monoisotopic (exact) mass is 389 g/mol. The highest BCUT2D eigenvalue weighted by Crippen LogP contribution is 2.24. The standard InChI is InChI=1S/C21H31N3O4/c25-14-19-18(24-21(27)16-8-10-22-11-9-16)7-6-17(28-19)12-20(26)23-13-15-4-2-1-3-5-15/h8-11,15,17-19,25H,1-7,12-14H2,(H,23,26)(H,24,27)/t17-,18+,19-/m0/s1. The second kappa shape index (κ2) is 10.5. The average Bonchev–Trinajstić information content (AvgIpc) is 2.74. The summed E-state index contributed by atoms with van der Waals surface area (Å²) in [5.74, 6) is 0.396. The zero-order chi connectivity index (χ0) is 19.8. The van der Waals surface area contributed by atoms with E-state index in [1.54, 1.807) is 24.5 Å². The molecule has 2 amide bonds. The normalized spacial score (nSPS) is 25.8. The number of hydrogen-bond acceptors (Lipinski definition) is 5. The van der Waals surface area contributed by atoms with E-state index in [0.29, 0.717) is 30.7 Å². The largest absolute Gasteiger partial charge is 0.394 e. The van der Waals surface area contributed by atoms with Gasteiger partial charge in [-0.1, -0.05) is 19.3 Å². The van der Waals surface area contributed by atoms with Crippen LogP contribution in [0.15, 0.2) is 24.5 Å². The summed E-state index contributed by atoms with van der Waals surface area (Å²) in [4.78, 5) is 28.5. The molecule has 2 aliphatic rings. The van der Waals surface area contributed by atoms with Crippen molar-refractivity contribution in [3.63, 3.8) is 0 Å². The van der Waals surface area contributed by atoms with E-state index < -0.39 is 6.10 Å². The Bertz CT molecular complexity index is 634. The second-order valence-corrected chi connectivity index (χ2v) is 7.88. The first-order valence-electron chi connectivity index (χ1n) is 10.4. The molecule has 1 saturated heterocycles. The van der Waals surface area contributed by atoms with E-state index in [2.05, 4.69) is 15.6 Å². The van der Waals surface area contributed by atoms with Crippen LogP contribution in [0.4, 0.5) is 0 Å². The number of aromatic nitrogens is 1. The van der Waals surface area contributed by atoms with Gasteiger partial charge in [-0.25, -0.2) is 0 Å². The lowest BCUT2D eigenvalue weighted by atomic mass is 9.89. The van der Waals surface area contributed by atoms with Crippen LogP contribution >= 0.6 is 0 Å². The van der Waals surface area contributed by atoms with Gasteiger partial charge < -0.3 is 20.5 Å². The highest BCUT2D eigenvalue weighted by Gasteiger charge is 2.33. The van der Waals surface area contributed by atoms with Crippen molar-refractivity contribution in [3.8, 4) is 0 Å². The van der Waals surface area contributed by atoms with Crippen molar-refractivity contribution in [2.75, 3.05) is 13.2 Å². The molecule has 28 heavy (non-hydrogen) atoms. The van der Waals surface area contributed by atoms with Gasteiger partial charge in [0.2, 0.25) is 5.91 Å². The Kier molecular flexibility index (Phi) is 7.80. The lowest BCUT2D eigenvalue weighted by molar-refractivity contribution is -0.131. The summed E-state index contributed by atoms with van der Waals surface area (Å²) in [6.45, 7) is 0.557. The van der Waals surface area contributed by atoms with Gasteiger partial charge in [-0.15, -0.1) is 0 Å². The summed E-state index contributed by atoms with van der Waals surface area (Å²) >= 11 is 0. The maximum absolute atomic E-state index is 12.3. The topological polar surface area (TPSA) is 101 Å². The van der Waals surface area contributed by atoms with Gasteiger partial charge in [0.15, 0.2) is 0 Å². The van der Waals surface area contributed by atoms with Crippen LogP contribution in [0.25, 0.3) is 0 Å². The van der Waals surface area contributed by atoms with Gasteiger partial charge in [0.25, 0.3) is 5.91 Å². The number of amides is 2. The van der Waals surface area contributed by atoms with E-state index in [4.69, 9.17) is 4.74 Å². The number of aliphatic hydroxyl groups is 1. The lowest BCUT2D eigenvalue weighted by Crippen LogP contribution is -2.51. The molecular formula is C21H31N3O4. The van der Waals surface area contributed by atoms with Gasteiger partial charge in [0.1, 0.15) is 6.10 Å². The van der Waals surface area contributed by atoms with Gasteiger partial charge in [0, 0.05) is 24.5 Å². The number of carbonyl (C=O) groups excluding carboxylic acids is 2. The first kappa shape index (κ1) is 20.7. The first-order chi connectivity index (χ1) is 13.7. The van der Waals surface area contributed by atoms with Gasteiger partial charge in [-0.3, -0.25) is 14.6 Å². The smallest absolute Gasteiger partial charge is 0.251 e. The number of aliphatic hydroxyl groups excluding tert-OH is 1. The molecule has 1 aliphatic carbocycles. The number of rotatable bonds is 7. The van der Waals surface area contributed by atoms with E-state index in [-0.39, 0.29) is 30.6 Å². The van der Waals surface area contributed by atoms with Gasteiger partial charge in [0.05, 0.1) is 25.2 Å². The zero-order valence-electron chi connectivity index (χ0n) is 16.3. The number of hydrogen-bond donors (Lipinski definition) is 3. The van der Waals surface area contributed by atoms with Crippen LogP contribution in [-0.2, 0) is 9.53 Å². The molecule has 2 fully saturated rings. The molecule has 0 unspecified atom stereocenters. The van der Waals surface area contributed by atoms with Crippen LogP contribution < -0.4 is 10.6 Å². The average molecular weight is 389 g/mol. The van der Waals surface area contributed by atoms with Crippen molar-refractivity contribution >= 4 is 11.8 Å². The quantitative estimate of drug-likeness (QED) is 0.660. The molecule has 3 atom stereocenters. The number of nitrogens with one attached hydrogen (secondary N) is 2. The summed E-state index contributed by atoms with van der Waals surface area (Å²) in [7, 11) is 0. The van der Waals surface area contributed by atoms with Crippen LogP contribution in [0, 0.1) is 5.92 Å². The van der Waals surface area contributed by atoms with Crippen molar-refractivity contribution < 1.29 is 19.4 Å². The Hall–Kier alpha value is -1.99. The molecule has 1 aliphatic heterocycles. The fourth-order valence-corrected chi connectivity index (χ4v) is 4.13. The minimum Gasteiger partial charge on any atom is -0.394 e. The van der Waals surface area contributed by atoms with Gasteiger partial charge in [-0.2, -0.15) is 0 Å². The van der Waals surface area contributed by atoms with Crippen LogP contribution in [0.3, 0.4) is 0 Å². The lowest BCUT2D eigenvalue weighted by Gasteiger charge is -2.36. The van der Waals surface area contributed by atoms with E-state index in [1.807, 2.05) is 0 Å². The number of ether oxygens (including phenoxy) is 1. The highest BCUT2D eigenvalue weighted by molar-refractivity contribution is 5.94. The van der Waals surface area contributed by atoms with E-state index in [9.17, 15) is 14.7 Å². The van der Waals surface area contributed by atoms with Crippen LogP contribution in [-0.4, -0.2) is 53.3 Å². The van der Waals surface area contributed by atoms with Crippen molar-refractivity contribution in [1.82, 2.24) is 15.6 Å². The molecule has 1 aromatic rings. The van der Waals surface area contributed by atoms with Crippen molar-refractivity contribution in [3.05, 3.63) is 30.1 Å². The first-order valence-corrected chi connectivity index (χ1v) is 10.4. The summed E-state index contributed by atoms with van der Waals surface area (Å²) < 4.78 is 5.91. The molecular weight excluding hydrogens is 358 g/mol. The highest BCUT2D eigenvalue weighted by atomic mass is 16.5. The number of nitrogens with zero attached hydrogens (tertiary/aromatic N) is 1. The third kappa shape index (κ3) is 6.01. The minimum absolute atomic E-state index is 0.00605. The molecule has 0 spiro atoms. The van der Waals surface area contributed by atoms with Crippen LogP contribution in [0.1, 0.15) is 61.7 Å². The van der Waals surface area contributed by atoms with E-state index >= 15 is 0 Å². The summed E-state index contributed by atoms with van der Waals surface area (Å²) in [6, 6.07) is 3.02. The molecule has 3 N–H and O–H groups in total. The zero-order valence-corrected chi connectivity index (χ0v) is 16.3. The Morgan fingerprint density at radius 2 is 1.86 bits per heavy atom. The van der Waals surface area contributed by atoms with Crippen molar-refractivity contribution in [2.45, 2.75) is 69.6 Å². The Morgan fingerprint density at radius 3 is 2.57 bits per heavy atom. The number of carbonyl (C=O) groups is 2. The Morgan fingerprint density at radius 1 is 1.11 bits per heavy atom. The van der Waals surface area contributed by atoms with Gasteiger partial charge in [-0.05, 0) is 43.7 Å². The molecule has 154 valence electrons. The van der Waals surface area contributed by atoms with Crippen molar-refractivity contribution in [2.24, 2.45) is 5.92 Å². The molecule has 7 heteroatoms. The van der Waals surface area contributed by atoms with Crippen LogP contribution in [0.2, 0.25) is 0 Å². The molecule has 1 saturated carbocycles. The fourth-order valence-electron chi connectivity index (χ4n) is 4.13. The Balaban J connectivity index is 1.43. The summed E-state index contributed by atoms with van der Waals surface area (Å²) in [5, 5.41) is 15.6. The molecule has 1 aromatic heterocycles. The van der Waals surface area contributed by atoms with Gasteiger partial charge >= 0.3 is 0 Å². The van der Waals surface area contributed by atoms with Crippen molar-refractivity contribution in [1.29, 1.82) is 0 Å². The molecule has 0 radical (unpaired) electrons. The molecule has 2 heterocycles. The van der Waals surface area contributed by atoms with E-state index in [0.717, 1.165) is 6.54 Å². The predicted molar refractivity (Wildman–Crippen MR) is 105 cm³/mol. The maximum Gasteiger partial charge on any atom is 0.251 e. The second-order valence-electron chi connectivity index (χ2n) is 7.88. The summed E-state index contributed by atoms with van der Waals surface area (Å²) in [6.07, 6.45) is 10.3. The van der Waals surface area contributed by atoms with Crippen LogP contribution in [0.5, 0.6) is 0 Å². The Labute approximate surface area is 166 Å². The maximum atomic E-state index is 12.3. The molecule has 7 nitrogen and oxygen atoms in total. The molecule has 0 bridgehead atoms. The SMILES string of the molecule is O=C(C[C@@H]1CC[C@@H](NC(=O)c2ccncc2)[C@H](CO)O1)NCC1CCCCC1. The number of pyridine rings is 1. The van der Waals surface area contributed by atoms with E-state index in [1.165, 1.54) is 32.1 Å². The molecule has 3 rings (SSSR count). The fraction of sp³-hybridized carbons (Fsp3) is 0.667.